The number of ether oxygens (including phenoxy) is 3. The maximum atomic E-state index is 12.4. The smallest absolute Gasteiger partial charge is 0.305 e. The van der Waals surface area contributed by atoms with Gasteiger partial charge < -0.3 is 29.3 Å². The molecule has 0 unspecified atom stereocenters. The molecular weight excluding hydrogens is 558 g/mol. The number of unbranched alkanes of at least 4 members (excludes halogenated alkanes) is 11. The number of aliphatic hydroxyl groups excluding tert-OH is 1. The van der Waals surface area contributed by atoms with Gasteiger partial charge >= 0.3 is 11.9 Å². The van der Waals surface area contributed by atoms with E-state index in [0.29, 0.717) is 39.2 Å². The van der Waals surface area contributed by atoms with Crippen molar-refractivity contribution < 1.29 is 34.0 Å². The van der Waals surface area contributed by atoms with Gasteiger partial charge in [0.2, 0.25) is 0 Å². The average Bonchev–Trinajstić information content (AvgIpc) is 3.01. The van der Waals surface area contributed by atoms with Crippen LogP contribution in [0.3, 0.4) is 0 Å². The molecule has 0 atom stereocenters. The molecule has 8 nitrogen and oxygen atoms in total. The number of rotatable bonds is 34. The van der Waals surface area contributed by atoms with Crippen LogP contribution in [0.2, 0.25) is 0 Å². The van der Waals surface area contributed by atoms with Crippen LogP contribution in [0.15, 0.2) is 24.3 Å². The van der Waals surface area contributed by atoms with Crippen molar-refractivity contribution >= 4 is 11.9 Å². The minimum Gasteiger partial charge on any atom is -0.481 e. The number of hydrogen-bond acceptors (Lipinski definition) is 7. The summed E-state index contributed by atoms with van der Waals surface area (Å²) in [6.45, 7) is 8.81. The van der Waals surface area contributed by atoms with E-state index in [0.717, 1.165) is 122 Å². The first-order valence-electron chi connectivity index (χ1n) is 17.8. The van der Waals surface area contributed by atoms with Gasteiger partial charge in [0.1, 0.15) is 0 Å². The summed E-state index contributed by atoms with van der Waals surface area (Å²) in [6.07, 6.45) is 26.9. The molecule has 0 aromatic rings. The van der Waals surface area contributed by atoms with Crippen molar-refractivity contribution in [2.24, 2.45) is 0 Å². The van der Waals surface area contributed by atoms with Crippen molar-refractivity contribution in [3.8, 4) is 0 Å². The van der Waals surface area contributed by atoms with Gasteiger partial charge in [-0.1, -0.05) is 70.3 Å². The Kier molecular flexibility index (Phi) is 32.8. The lowest BCUT2D eigenvalue weighted by molar-refractivity contribution is -0.159. The fourth-order valence-electron chi connectivity index (χ4n) is 4.85. The normalized spacial score (nSPS) is 11.9. The highest BCUT2D eigenvalue weighted by atomic mass is 16.7. The molecule has 0 aromatic carbocycles. The van der Waals surface area contributed by atoms with Gasteiger partial charge in [0.15, 0.2) is 6.29 Å². The molecule has 8 heteroatoms. The van der Waals surface area contributed by atoms with Crippen LogP contribution >= 0.6 is 0 Å². The topological polar surface area (TPSA) is 106 Å². The quantitative estimate of drug-likeness (QED) is 0.0319. The van der Waals surface area contributed by atoms with Gasteiger partial charge in [0, 0.05) is 32.6 Å². The molecule has 0 aromatic heterocycles. The third-order valence-corrected chi connectivity index (χ3v) is 7.44. The summed E-state index contributed by atoms with van der Waals surface area (Å²) in [4.78, 5) is 25.2. The highest BCUT2D eigenvalue weighted by molar-refractivity contribution is 5.69. The number of allylic oxidation sites excluding steroid dienone is 4. The molecule has 0 radical (unpaired) electrons. The molecule has 0 spiro atoms. The number of carbonyl (C=O) groups is 2. The van der Waals surface area contributed by atoms with Crippen LogP contribution in [0.1, 0.15) is 142 Å². The summed E-state index contributed by atoms with van der Waals surface area (Å²) < 4.78 is 17.5. The molecule has 0 amide bonds. The Bertz CT molecular complexity index is 674. The van der Waals surface area contributed by atoms with E-state index in [1.54, 1.807) is 0 Å². The number of aliphatic hydroxyl groups is 1. The number of carboxylic acids is 1. The zero-order valence-electron chi connectivity index (χ0n) is 28.4. The largest absolute Gasteiger partial charge is 0.481 e. The first kappa shape index (κ1) is 42.3. The fourth-order valence-corrected chi connectivity index (χ4v) is 4.85. The van der Waals surface area contributed by atoms with Crippen molar-refractivity contribution in [3.05, 3.63) is 24.3 Å². The van der Waals surface area contributed by atoms with Crippen LogP contribution in [0, 0.1) is 0 Å². The summed E-state index contributed by atoms with van der Waals surface area (Å²) in [5.41, 5.74) is 0. The second-order valence-corrected chi connectivity index (χ2v) is 11.6. The van der Waals surface area contributed by atoms with Crippen molar-refractivity contribution in [3.63, 3.8) is 0 Å². The third kappa shape index (κ3) is 31.7. The molecular formula is C36H67NO7. The number of hydrogen-bond donors (Lipinski definition) is 2. The first-order valence-corrected chi connectivity index (χ1v) is 17.8. The summed E-state index contributed by atoms with van der Waals surface area (Å²) in [5, 5.41) is 18.1. The van der Waals surface area contributed by atoms with Gasteiger partial charge in [-0.15, -0.1) is 0 Å². The number of esters is 1. The van der Waals surface area contributed by atoms with Gasteiger partial charge in [-0.25, -0.2) is 0 Å². The monoisotopic (exact) mass is 625 g/mol. The molecule has 44 heavy (non-hydrogen) atoms. The molecule has 0 aliphatic heterocycles. The number of carboxylic acid groups (broad SMARTS) is 1. The maximum absolute atomic E-state index is 12.4. The van der Waals surface area contributed by atoms with E-state index >= 15 is 0 Å². The van der Waals surface area contributed by atoms with E-state index in [9.17, 15) is 14.7 Å². The molecule has 0 heterocycles. The van der Waals surface area contributed by atoms with Gasteiger partial charge in [0.25, 0.3) is 0 Å². The summed E-state index contributed by atoms with van der Waals surface area (Å²) in [5.74, 6) is -0.903. The Labute approximate surface area is 269 Å². The lowest BCUT2D eigenvalue weighted by atomic mass is 10.1. The number of aliphatic carboxylic acids is 1. The van der Waals surface area contributed by atoms with E-state index in [4.69, 9.17) is 19.3 Å². The zero-order valence-corrected chi connectivity index (χ0v) is 28.4. The van der Waals surface area contributed by atoms with E-state index in [-0.39, 0.29) is 25.3 Å². The lowest BCUT2D eigenvalue weighted by Crippen LogP contribution is -2.29. The van der Waals surface area contributed by atoms with Crippen LogP contribution in [0.5, 0.6) is 0 Å². The van der Waals surface area contributed by atoms with E-state index in [1.165, 1.54) is 0 Å². The Morgan fingerprint density at radius 3 is 1.70 bits per heavy atom. The van der Waals surface area contributed by atoms with Gasteiger partial charge in [0.05, 0.1) is 19.6 Å². The van der Waals surface area contributed by atoms with E-state index in [2.05, 4.69) is 43.1 Å². The minimum atomic E-state index is -0.716. The predicted octanol–water partition coefficient (Wildman–Crippen LogP) is 8.22. The van der Waals surface area contributed by atoms with Crippen LogP contribution in [-0.4, -0.2) is 79.4 Å². The van der Waals surface area contributed by atoms with Gasteiger partial charge in [-0.05, 0) is 90.1 Å². The molecule has 0 saturated carbocycles. The van der Waals surface area contributed by atoms with Gasteiger partial charge in [-0.2, -0.15) is 0 Å². The number of nitrogens with zero attached hydrogens (tertiary/aromatic N) is 1. The second-order valence-electron chi connectivity index (χ2n) is 11.6. The Hall–Kier alpha value is -1.74. The van der Waals surface area contributed by atoms with Gasteiger partial charge in [-0.3, -0.25) is 9.59 Å². The van der Waals surface area contributed by atoms with Crippen LogP contribution in [0.25, 0.3) is 0 Å². The molecule has 0 saturated heterocycles. The molecule has 0 bridgehead atoms. The minimum absolute atomic E-state index is 0.165. The Balaban J connectivity index is 4.08. The second kappa shape index (κ2) is 34.1. The van der Waals surface area contributed by atoms with E-state index < -0.39 is 5.97 Å². The molecule has 0 rings (SSSR count). The summed E-state index contributed by atoms with van der Waals surface area (Å²) in [7, 11) is 0. The standard InChI is InChI=1S/C36H67NO7/c1-3-5-7-9-15-22-32-43-36(44-33-23-16-10-8-6-4-2)26-25-35(41)42-31-21-17-14-20-28-37(29-30-38)27-19-13-11-12-18-24-34(39)40/h5-8,36,38H,3-4,9-33H2,1-2H3,(H,39,40)/b7-5-,8-6-. The SMILES string of the molecule is CC/C=C\CCCCOC(CCC(=O)OCCCCCCN(CCO)CCCCCCCC(=O)O)OCCCC/C=C\CC. The highest BCUT2D eigenvalue weighted by Gasteiger charge is 2.13. The van der Waals surface area contributed by atoms with Crippen molar-refractivity contribution in [1.29, 1.82) is 0 Å². The molecule has 0 aliphatic carbocycles. The van der Waals surface area contributed by atoms with Crippen LogP contribution in [-0.2, 0) is 23.8 Å². The van der Waals surface area contributed by atoms with E-state index in [1.807, 2.05) is 0 Å². The first-order chi connectivity index (χ1) is 21.5. The van der Waals surface area contributed by atoms with Crippen LogP contribution < -0.4 is 0 Å². The fraction of sp³-hybridized carbons (Fsp3) is 0.833. The summed E-state index contributed by atoms with van der Waals surface area (Å²) in [6, 6.07) is 0. The molecule has 0 aliphatic rings. The number of carbonyl (C=O) groups excluding carboxylic acids is 1. The lowest BCUT2D eigenvalue weighted by Gasteiger charge is -2.21. The average molecular weight is 626 g/mol. The van der Waals surface area contributed by atoms with Crippen molar-refractivity contribution in [2.45, 2.75) is 149 Å². The highest BCUT2D eigenvalue weighted by Crippen LogP contribution is 2.11. The summed E-state index contributed by atoms with van der Waals surface area (Å²) >= 11 is 0. The van der Waals surface area contributed by atoms with Crippen LogP contribution in [0.4, 0.5) is 0 Å². The predicted molar refractivity (Wildman–Crippen MR) is 180 cm³/mol. The molecule has 2 N–H and O–H groups in total. The molecule has 0 fully saturated rings. The Morgan fingerprint density at radius 1 is 0.636 bits per heavy atom. The third-order valence-electron chi connectivity index (χ3n) is 7.44. The van der Waals surface area contributed by atoms with Crippen molar-refractivity contribution in [1.82, 2.24) is 4.90 Å². The zero-order chi connectivity index (χ0) is 32.4. The maximum Gasteiger partial charge on any atom is 0.305 e. The van der Waals surface area contributed by atoms with Crippen molar-refractivity contribution in [2.75, 3.05) is 46.1 Å². The molecule has 258 valence electrons. The Morgan fingerprint density at radius 2 is 1.16 bits per heavy atom.